The van der Waals surface area contributed by atoms with Gasteiger partial charge in [0.25, 0.3) is 0 Å². The monoisotopic (exact) mass is 368 g/mol. The molecule has 1 aliphatic rings. The first kappa shape index (κ1) is 21.8. The molecule has 2 rings (SSSR count). The van der Waals surface area contributed by atoms with E-state index in [0.29, 0.717) is 18.3 Å². The van der Waals surface area contributed by atoms with Crippen molar-refractivity contribution >= 4 is 18.3 Å². The smallest absolute Gasteiger partial charge is 0.222 e. The molecule has 0 radical (unpaired) electrons. The quantitative estimate of drug-likeness (QED) is 0.800. The Labute approximate surface area is 158 Å². The molecular weight excluding hydrogens is 336 g/mol. The highest BCUT2D eigenvalue weighted by atomic mass is 35.5. The van der Waals surface area contributed by atoms with Gasteiger partial charge in [-0.1, -0.05) is 25.1 Å². The van der Waals surface area contributed by atoms with Crippen LogP contribution in [0.4, 0.5) is 0 Å². The summed E-state index contributed by atoms with van der Waals surface area (Å²) in [5, 5.41) is 3.39. The van der Waals surface area contributed by atoms with Crippen LogP contribution in [0.2, 0.25) is 0 Å². The van der Waals surface area contributed by atoms with Crippen LogP contribution in [0.25, 0.3) is 0 Å². The lowest BCUT2D eigenvalue weighted by molar-refractivity contribution is -0.133. The molecule has 0 saturated carbocycles. The highest BCUT2D eigenvalue weighted by Gasteiger charge is 2.25. The highest BCUT2D eigenvalue weighted by Crippen LogP contribution is 2.26. The van der Waals surface area contributed by atoms with Crippen LogP contribution in [0.1, 0.15) is 38.7 Å². The lowest BCUT2D eigenvalue weighted by Crippen LogP contribution is -2.39. The number of halogens is 1. The van der Waals surface area contributed by atoms with Crippen molar-refractivity contribution in [2.24, 2.45) is 11.8 Å². The molecule has 0 bridgehead atoms. The first-order valence-electron chi connectivity index (χ1n) is 9.11. The van der Waals surface area contributed by atoms with Gasteiger partial charge >= 0.3 is 0 Å². The van der Waals surface area contributed by atoms with Crippen LogP contribution >= 0.6 is 12.4 Å². The van der Waals surface area contributed by atoms with E-state index in [-0.39, 0.29) is 24.4 Å². The number of nitrogens with one attached hydrogen (secondary N) is 1. The number of methoxy groups -OCH3 is 1. The number of nitrogens with zero attached hydrogens (tertiary/aromatic N) is 1. The third-order valence-corrected chi connectivity index (χ3v) is 5.45. The van der Waals surface area contributed by atoms with Gasteiger partial charge in [-0.2, -0.15) is 0 Å². The molecule has 1 aromatic rings. The van der Waals surface area contributed by atoms with Gasteiger partial charge in [-0.3, -0.25) is 4.79 Å². The molecule has 1 N–H and O–H groups in total. The molecule has 1 saturated heterocycles. The van der Waals surface area contributed by atoms with Crippen molar-refractivity contribution in [1.82, 2.24) is 10.2 Å². The number of amides is 1. The predicted molar refractivity (Wildman–Crippen MR) is 106 cm³/mol. The van der Waals surface area contributed by atoms with Gasteiger partial charge in [-0.15, -0.1) is 12.4 Å². The molecule has 1 aliphatic heterocycles. The van der Waals surface area contributed by atoms with E-state index >= 15 is 0 Å². The molecule has 4 nitrogen and oxygen atoms in total. The van der Waals surface area contributed by atoms with E-state index in [1.165, 1.54) is 12.8 Å². The molecular formula is C20H33ClN2O2. The minimum Gasteiger partial charge on any atom is -0.496 e. The van der Waals surface area contributed by atoms with E-state index in [4.69, 9.17) is 4.74 Å². The number of hydrogen-bond donors (Lipinski definition) is 1. The third kappa shape index (κ3) is 6.19. The van der Waals surface area contributed by atoms with Crippen molar-refractivity contribution in [3.63, 3.8) is 0 Å². The van der Waals surface area contributed by atoms with Gasteiger partial charge in [0, 0.05) is 19.5 Å². The molecule has 1 fully saturated rings. The summed E-state index contributed by atoms with van der Waals surface area (Å²) >= 11 is 0. The number of para-hydroxylation sites is 1. The number of carbonyl (C=O) groups excluding carboxylic acids is 1. The molecule has 25 heavy (non-hydrogen) atoms. The Balaban J connectivity index is 0.00000312. The van der Waals surface area contributed by atoms with E-state index in [9.17, 15) is 4.79 Å². The zero-order chi connectivity index (χ0) is 17.5. The zero-order valence-electron chi connectivity index (χ0n) is 16.0. The number of rotatable bonds is 7. The summed E-state index contributed by atoms with van der Waals surface area (Å²) in [4.78, 5) is 14.6. The summed E-state index contributed by atoms with van der Waals surface area (Å²) < 4.78 is 5.42. The van der Waals surface area contributed by atoms with E-state index in [1.807, 2.05) is 30.1 Å². The molecule has 1 aromatic carbocycles. The van der Waals surface area contributed by atoms with E-state index in [1.54, 1.807) is 7.11 Å². The average molecular weight is 369 g/mol. The van der Waals surface area contributed by atoms with Crippen molar-refractivity contribution in [1.29, 1.82) is 0 Å². The molecule has 1 amide bonds. The SMILES string of the molecule is COc1ccccc1CC(C)N(C)C(=O)CC(C)C1CCNCC1.Cl. The van der Waals surface area contributed by atoms with Crippen molar-refractivity contribution in [2.45, 2.75) is 45.6 Å². The van der Waals surface area contributed by atoms with Gasteiger partial charge in [0.05, 0.1) is 7.11 Å². The molecule has 0 aliphatic carbocycles. The molecule has 0 aromatic heterocycles. The third-order valence-electron chi connectivity index (χ3n) is 5.45. The van der Waals surface area contributed by atoms with Crippen LogP contribution in [0.5, 0.6) is 5.75 Å². The van der Waals surface area contributed by atoms with E-state index in [2.05, 4.69) is 25.2 Å². The Morgan fingerprint density at radius 3 is 2.56 bits per heavy atom. The molecule has 2 atom stereocenters. The Morgan fingerprint density at radius 1 is 1.28 bits per heavy atom. The highest BCUT2D eigenvalue weighted by molar-refractivity contribution is 5.85. The predicted octanol–water partition coefficient (Wildman–Crippen LogP) is 3.53. The molecule has 142 valence electrons. The van der Waals surface area contributed by atoms with Crippen LogP contribution in [0, 0.1) is 11.8 Å². The first-order chi connectivity index (χ1) is 11.5. The fraction of sp³-hybridized carbons (Fsp3) is 0.650. The Bertz CT molecular complexity index is 532. The van der Waals surface area contributed by atoms with Gasteiger partial charge in [0.2, 0.25) is 5.91 Å². The van der Waals surface area contributed by atoms with Crippen LogP contribution in [-0.2, 0) is 11.2 Å². The lowest BCUT2D eigenvalue weighted by Gasteiger charge is -2.31. The van der Waals surface area contributed by atoms with Crippen LogP contribution in [-0.4, -0.2) is 44.1 Å². The normalized spacial score (nSPS) is 17.3. The fourth-order valence-electron chi connectivity index (χ4n) is 3.57. The maximum Gasteiger partial charge on any atom is 0.222 e. The topological polar surface area (TPSA) is 41.6 Å². The summed E-state index contributed by atoms with van der Waals surface area (Å²) in [5.41, 5.74) is 1.15. The Kier molecular flexibility index (Phi) is 9.30. The number of benzene rings is 1. The van der Waals surface area contributed by atoms with Crippen LogP contribution in [0.3, 0.4) is 0 Å². The van der Waals surface area contributed by atoms with Crippen molar-refractivity contribution in [3.8, 4) is 5.75 Å². The summed E-state index contributed by atoms with van der Waals surface area (Å²) in [6, 6.07) is 8.21. The maximum absolute atomic E-state index is 12.7. The van der Waals surface area contributed by atoms with Gasteiger partial charge < -0.3 is 15.0 Å². The van der Waals surface area contributed by atoms with Gasteiger partial charge in [0.1, 0.15) is 5.75 Å². The Morgan fingerprint density at radius 2 is 1.92 bits per heavy atom. The Hall–Kier alpha value is -1.26. The number of piperidine rings is 1. The van der Waals surface area contributed by atoms with Gasteiger partial charge in [0.15, 0.2) is 0 Å². The van der Waals surface area contributed by atoms with E-state index < -0.39 is 0 Å². The lowest BCUT2D eigenvalue weighted by atomic mass is 9.84. The van der Waals surface area contributed by atoms with Crippen LogP contribution < -0.4 is 10.1 Å². The number of hydrogen-bond acceptors (Lipinski definition) is 3. The number of ether oxygens (including phenoxy) is 1. The number of carbonyl (C=O) groups is 1. The van der Waals surface area contributed by atoms with Gasteiger partial charge in [-0.25, -0.2) is 0 Å². The second-order valence-electron chi connectivity index (χ2n) is 7.14. The molecule has 0 spiro atoms. The second-order valence-corrected chi connectivity index (χ2v) is 7.14. The summed E-state index contributed by atoms with van der Waals surface area (Å²) in [6.45, 7) is 6.51. The van der Waals surface area contributed by atoms with Crippen molar-refractivity contribution < 1.29 is 9.53 Å². The second kappa shape index (κ2) is 10.7. The van der Waals surface area contributed by atoms with Crippen molar-refractivity contribution in [3.05, 3.63) is 29.8 Å². The largest absolute Gasteiger partial charge is 0.496 e. The number of likely N-dealkylation sites (N-methyl/N-ethyl adjacent to an activating group) is 1. The minimum absolute atomic E-state index is 0. The minimum atomic E-state index is 0. The van der Waals surface area contributed by atoms with Gasteiger partial charge in [-0.05, 0) is 62.7 Å². The maximum atomic E-state index is 12.7. The van der Waals surface area contributed by atoms with Crippen LogP contribution in [0.15, 0.2) is 24.3 Å². The standard InChI is InChI=1S/C20H32N2O2.ClH/c1-15(17-9-11-21-12-10-17)13-20(23)22(3)16(2)14-18-7-5-6-8-19(18)24-4;/h5-8,15-17,21H,9-14H2,1-4H3;1H. The molecule has 5 heteroatoms. The summed E-state index contributed by atoms with van der Waals surface area (Å²) in [5.74, 6) is 2.28. The summed E-state index contributed by atoms with van der Waals surface area (Å²) in [6.07, 6.45) is 3.84. The van der Waals surface area contributed by atoms with Crippen molar-refractivity contribution in [2.75, 3.05) is 27.2 Å². The zero-order valence-corrected chi connectivity index (χ0v) is 16.8. The fourth-order valence-corrected chi connectivity index (χ4v) is 3.57. The average Bonchev–Trinajstić information content (AvgIpc) is 2.62. The first-order valence-corrected chi connectivity index (χ1v) is 9.11. The van der Waals surface area contributed by atoms with E-state index in [0.717, 1.165) is 30.8 Å². The summed E-state index contributed by atoms with van der Waals surface area (Å²) in [7, 11) is 3.62. The molecule has 1 heterocycles. The molecule has 2 unspecified atom stereocenters.